The molecule has 0 amide bonds. The molecule has 0 fully saturated rings. The SMILES string of the molecule is CNS(=O)(=O)c1ccc(NCCc2ncn(C)n2)cc1. The van der Waals surface area contributed by atoms with E-state index >= 15 is 0 Å². The van der Waals surface area contributed by atoms with Crippen LogP contribution in [-0.2, 0) is 23.5 Å². The number of benzene rings is 1. The van der Waals surface area contributed by atoms with Crippen LogP contribution in [0.4, 0.5) is 5.69 Å². The molecule has 20 heavy (non-hydrogen) atoms. The predicted octanol–water partition coefficient (Wildman–Crippen LogP) is 0.378. The standard InChI is InChI=1S/C12H17N5O2S/c1-13-20(18,19)11-5-3-10(4-6-11)14-8-7-12-15-9-17(2)16-12/h3-6,9,13-14H,7-8H2,1-2H3. The maximum Gasteiger partial charge on any atom is 0.240 e. The van der Waals surface area contributed by atoms with Gasteiger partial charge in [0.25, 0.3) is 0 Å². The molecule has 2 N–H and O–H groups in total. The van der Waals surface area contributed by atoms with Crippen LogP contribution in [0.1, 0.15) is 5.82 Å². The Morgan fingerprint density at radius 2 is 1.95 bits per heavy atom. The Balaban J connectivity index is 1.91. The summed E-state index contributed by atoms with van der Waals surface area (Å²) < 4.78 is 27.1. The van der Waals surface area contributed by atoms with E-state index in [1.54, 1.807) is 35.3 Å². The normalized spacial score (nSPS) is 11.5. The van der Waals surface area contributed by atoms with E-state index in [0.29, 0.717) is 13.0 Å². The Morgan fingerprint density at radius 3 is 2.50 bits per heavy atom. The second-order valence-corrected chi connectivity index (χ2v) is 6.13. The molecule has 0 saturated carbocycles. The molecule has 108 valence electrons. The van der Waals surface area contributed by atoms with E-state index in [9.17, 15) is 8.42 Å². The van der Waals surface area contributed by atoms with Crippen LogP contribution in [-0.4, -0.2) is 36.8 Å². The molecule has 0 saturated heterocycles. The van der Waals surface area contributed by atoms with Gasteiger partial charge in [0, 0.05) is 25.7 Å². The topological polar surface area (TPSA) is 88.9 Å². The first-order chi connectivity index (χ1) is 9.51. The summed E-state index contributed by atoms with van der Waals surface area (Å²) in [6.45, 7) is 0.683. The molecule has 0 atom stereocenters. The summed E-state index contributed by atoms with van der Waals surface area (Å²) in [6, 6.07) is 6.59. The molecule has 0 radical (unpaired) electrons. The Kier molecular flexibility index (Phi) is 4.35. The second-order valence-electron chi connectivity index (χ2n) is 4.24. The first kappa shape index (κ1) is 14.5. The molecule has 1 aromatic heterocycles. The summed E-state index contributed by atoms with van der Waals surface area (Å²) in [5.41, 5.74) is 0.857. The van der Waals surface area contributed by atoms with Crippen LogP contribution in [0.15, 0.2) is 35.5 Å². The van der Waals surface area contributed by atoms with Crippen molar-refractivity contribution in [1.82, 2.24) is 19.5 Å². The molecule has 0 unspecified atom stereocenters. The maximum absolute atomic E-state index is 11.6. The summed E-state index contributed by atoms with van der Waals surface area (Å²) in [5, 5.41) is 7.37. The molecule has 8 heteroatoms. The number of nitrogens with zero attached hydrogens (tertiary/aromatic N) is 3. The summed E-state index contributed by atoms with van der Waals surface area (Å²) in [6.07, 6.45) is 2.37. The van der Waals surface area contributed by atoms with Crippen molar-refractivity contribution in [3.8, 4) is 0 Å². The van der Waals surface area contributed by atoms with Gasteiger partial charge < -0.3 is 5.32 Å². The highest BCUT2D eigenvalue weighted by atomic mass is 32.2. The van der Waals surface area contributed by atoms with E-state index in [2.05, 4.69) is 20.1 Å². The highest BCUT2D eigenvalue weighted by Gasteiger charge is 2.10. The molecule has 1 heterocycles. The smallest absolute Gasteiger partial charge is 0.240 e. The van der Waals surface area contributed by atoms with Crippen LogP contribution < -0.4 is 10.0 Å². The molecule has 7 nitrogen and oxygen atoms in total. The average Bonchev–Trinajstić information content (AvgIpc) is 2.85. The third-order valence-corrected chi connectivity index (χ3v) is 4.19. The summed E-state index contributed by atoms with van der Waals surface area (Å²) in [5.74, 6) is 0.773. The van der Waals surface area contributed by atoms with Gasteiger partial charge >= 0.3 is 0 Å². The lowest BCUT2D eigenvalue weighted by Gasteiger charge is -2.06. The zero-order valence-corrected chi connectivity index (χ0v) is 12.2. The minimum absolute atomic E-state index is 0.247. The van der Waals surface area contributed by atoms with E-state index < -0.39 is 10.0 Å². The Hall–Kier alpha value is -1.93. The molecular weight excluding hydrogens is 278 g/mol. The largest absolute Gasteiger partial charge is 0.385 e. The average molecular weight is 295 g/mol. The van der Waals surface area contributed by atoms with Gasteiger partial charge in [0.1, 0.15) is 6.33 Å². The van der Waals surface area contributed by atoms with Crippen molar-refractivity contribution in [3.63, 3.8) is 0 Å². The minimum Gasteiger partial charge on any atom is -0.385 e. The van der Waals surface area contributed by atoms with Gasteiger partial charge in [-0.1, -0.05) is 0 Å². The number of sulfonamides is 1. The molecular formula is C12H17N5O2S. The first-order valence-electron chi connectivity index (χ1n) is 6.13. The van der Waals surface area contributed by atoms with Crippen molar-refractivity contribution in [1.29, 1.82) is 0 Å². The second kappa shape index (κ2) is 6.02. The number of anilines is 1. The number of hydrogen-bond acceptors (Lipinski definition) is 5. The third-order valence-electron chi connectivity index (χ3n) is 2.76. The fourth-order valence-corrected chi connectivity index (χ4v) is 2.42. The summed E-state index contributed by atoms with van der Waals surface area (Å²) in [7, 11) is -0.162. The molecule has 0 aliphatic rings. The highest BCUT2D eigenvalue weighted by molar-refractivity contribution is 7.89. The van der Waals surface area contributed by atoms with Crippen molar-refractivity contribution in [2.24, 2.45) is 7.05 Å². The van der Waals surface area contributed by atoms with Crippen molar-refractivity contribution < 1.29 is 8.42 Å². The zero-order valence-electron chi connectivity index (χ0n) is 11.4. The monoisotopic (exact) mass is 295 g/mol. The van der Waals surface area contributed by atoms with Crippen LogP contribution >= 0.6 is 0 Å². The summed E-state index contributed by atoms with van der Waals surface area (Å²) >= 11 is 0. The van der Waals surface area contributed by atoms with Crippen molar-refractivity contribution >= 4 is 15.7 Å². The van der Waals surface area contributed by atoms with Gasteiger partial charge in [-0.05, 0) is 31.3 Å². The number of rotatable bonds is 6. The molecule has 2 aromatic rings. The number of nitrogens with one attached hydrogen (secondary N) is 2. The van der Waals surface area contributed by atoms with Crippen molar-refractivity contribution in [2.45, 2.75) is 11.3 Å². The zero-order chi connectivity index (χ0) is 14.6. The lowest BCUT2D eigenvalue weighted by atomic mass is 10.3. The maximum atomic E-state index is 11.6. The highest BCUT2D eigenvalue weighted by Crippen LogP contribution is 2.13. The van der Waals surface area contributed by atoms with Gasteiger partial charge in [0.2, 0.25) is 10.0 Å². The van der Waals surface area contributed by atoms with Gasteiger partial charge in [-0.2, -0.15) is 5.10 Å². The lowest BCUT2D eigenvalue weighted by molar-refractivity contribution is 0.588. The molecule has 0 spiro atoms. The number of aromatic nitrogens is 3. The number of hydrogen-bond donors (Lipinski definition) is 2. The lowest BCUT2D eigenvalue weighted by Crippen LogP contribution is -2.18. The third kappa shape index (κ3) is 3.55. The van der Waals surface area contributed by atoms with Crippen LogP contribution in [0.25, 0.3) is 0 Å². The van der Waals surface area contributed by atoms with Gasteiger partial charge in [0.15, 0.2) is 5.82 Å². The van der Waals surface area contributed by atoms with Gasteiger partial charge in [-0.15, -0.1) is 0 Å². The predicted molar refractivity (Wildman–Crippen MR) is 75.9 cm³/mol. The summed E-state index contributed by atoms with van der Waals surface area (Å²) in [4.78, 5) is 4.38. The van der Waals surface area contributed by atoms with Crippen LogP contribution in [0.2, 0.25) is 0 Å². The Labute approximate surface area is 118 Å². The molecule has 2 rings (SSSR count). The molecule has 0 bridgehead atoms. The van der Waals surface area contributed by atoms with Gasteiger partial charge in [0.05, 0.1) is 4.90 Å². The van der Waals surface area contributed by atoms with E-state index in [4.69, 9.17) is 0 Å². The van der Waals surface area contributed by atoms with Gasteiger partial charge in [-0.25, -0.2) is 18.1 Å². The van der Waals surface area contributed by atoms with E-state index in [1.807, 2.05) is 7.05 Å². The molecule has 0 aliphatic carbocycles. The minimum atomic E-state index is -3.38. The fraction of sp³-hybridized carbons (Fsp3) is 0.333. The molecule has 0 aliphatic heterocycles. The quantitative estimate of drug-likeness (QED) is 0.804. The van der Waals surface area contributed by atoms with Crippen LogP contribution in [0, 0.1) is 0 Å². The van der Waals surface area contributed by atoms with Crippen LogP contribution in [0.5, 0.6) is 0 Å². The number of aryl methyl sites for hydroxylation is 1. The fourth-order valence-electron chi connectivity index (χ4n) is 1.69. The van der Waals surface area contributed by atoms with E-state index in [0.717, 1.165) is 11.5 Å². The van der Waals surface area contributed by atoms with E-state index in [-0.39, 0.29) is 4.90 Å². The van der Waals surface area contributed by atoms with Crippen molar-refractivity contribution in [2.75, 3.05) is 18.9 Å². The Bertz CT molecular complexity index is 663. The van der Waals surface area contributed by atoms with Crippen LogP contribution in [0.3, 0.4) is 0 Å². The Morgan fingerprint density at radius 1 is 1.25 bits per heavy atom. The molecule has 1 aromatic carbocycles. The van der Waals surface area contributed by atoms with Gasteiger partial charge in [-0.3, -0.25) is 4.68 Å². The first-order valence-corrected chi connectivity index (χ1v) is 7.61. The van der Waals surface area contributed by atoms with E-state index in [1.165, 1.54) is 7.05 Å². The van der Waals surface area contributed by atoms with Crippen molar-refractivity contribution in [3.05, 3.63) is 36.4 Å².